The highest BCUT2D eigenvalue weighted by molar-refractivity contribution is 5.36. The molecule has 2 atom stereocenters. The lowest BCUT2D eigenvalue weighted by Crippen LogP contribution is -2.24. The Labute approximate surface area is 105 Å². The largest absolute Gasteiger partial charge is 0.313 e. The zero-order valence-corrected chi connectivity index (χ0v) is 11.0. The Balaban J connectivity index is 1.85. The first-order chi connectivity index (χ1) is 8.29. The molecule has 0 saturated heterocycles. The number of hydrogen-bond donors (Lipinski definition) is 1. The van der Waals surface area contributed by atoms with Crippen LogP contribution in [0.4, 0.5) is 0 Å². The first-order valence-corrected chi connectivity index (χ1v) is 7.08. The van der Waals surface area contributed by atoms with Gasteiger partial charge >= 0.3 is 0 Å². The number of nitrogens with one attached hydrogen (secondary N) is 1. The molecule has 3 rings (SSSR count). The fourth-order valence-corrected chi connectivity index (χ4v) is 3.41. The molecule has 0 aliphatic heterocycles. The second-order valence-corrected chi connectivity index (χ2v) is 5.84. The van der Waals surface area contributed by atoms with Gasteiger partial charge in [-0.2, -0.15) is 0 Å². The molecule has 0 aromatic heterocycles. The van der Waals surface area contributed by atoms with Gasteiger partial charge in [-0.1, -0.05) is 25.1 Å². The van der Waals surface area contributed by atoms with Crippen molar-refractivity contribution in [3.8, 4) is 0 Å². The zero-order chi connectivity index (χ0) is 11.8. The van der Waals surface area contributed by atoms with E-state index in [0.29, 0.717) is 6.04 Å². The van der Waals surface area contributed by atoms with E-state index in [9.17, 15) is 0 Å². The molecular weight excluding hydrogens is 206 g/mol. The minimum absolute atomic E-state index is 0.549. The Morgan fingerprint density at radius 3 is 2.65 bits per heavy atom. The van der Waals surface area contributed by atoms with Crippen LogP contribution in [0.25, 0.3) is 0 Å². The first-order valence-electron chi connectivity index (χ1n) is 7.08. The summed E-state index contributed by atoms with van der Waals surface area (Å²) < 4.78 is 0. The van der Waals surface area contributed by atoms with Crippen molar-refractivity contribution in [1.82, 2.24) is 5.32 Å². The van der Waals surface area contributed by atoms with Gasteiger partial charge in [-0.05, 0) is 67.7 Å². The fourth-order valence-electron chi connectivity index (χ4n) is 3.41. The number of hydrogen-bond acceptors (Lipinski definition) is 1. The Morgan fingerprint density at radius 2 is 1.94 bits per heavy atom. The summed E-state index contributed by atoms with van der Waals surface area (Å²) in [6, 6.07) is 7.72. The van der Waals surface area contributed by atoms with E-state index >= 15 is 0 Å². The second kappa shape index (κ2) is 4.45. The summed E-state index contributed by atoms with van der Waals surface area (Å²) in [7, 11) is 2.11. The lowest BCUT2D eigenvalue weighted by molar-refractivity contribution is 0.369. The summed E-state index contributed by atoms with van der Waals surface area (Å²) in [5.74, 6) is 1.74. The second-order valence-electron chi connectivity index (χ2n) is 5.84. The number of fused-ring (bicyclic) bond motifs is 1. The average Bonchev–Trinajstić information content (AvgIpc) is 3.09. The van der Waals surface area contributed by atoms with Crippen LogP contribution < -0.4 is 5.32 Å². The number of benzene rings is 1. The molecule has 1 nitrogen and oxygen atoms in total. The summed E-state index contributed by atoms with van der Waals surface area (Å²) in [5.41, 5.74) is 4.70. The SMILES string of the molecule is CNC(c1ccc2c(c1)CCC2)C(C)C1CC1. The van der Waals surface area contributed by atoms with Crippen LogP contribution in [0.1, 0.15) is 48.9 Å². The molecule has 0 heterocycles. The van der Waals surface area contributed by atoms with E-state index in [1.54, 1.807) is 11.1 Å². The summed E-state index contributed by atoms with van der Waals surface area (Å²) in [6.07, 6.45) is 6.80. The molecule has 1 fully saturated rings. The fraction of sp³-hybridized carbons (Fsp3) is 0.625. The third kappa shape index (κ3) is 2.13. The van der Waals surface area contributed by atoms with Crippen molar-refractivity contribution in [3.63, 3.8) is 0 Å². The molecule has 2 aliphatic rings. The van der Waals surface area contributed by atoms with Crippen LogP contribution in [0.15, 0.2) is 18.2 Å². The maximum Gasteiger partial charge on any atom is 0.0346 e. The number of aryl methyl sites for hydroxylation is 2. The topological polar surface area (TPSA) is 12.0 Å². The molecule has 0 radical (unpaired) electrons. The highest BCUT2D eigenvalue weighted by Gasteiger charge is 2.33. The molecule has 1 aromatic rings. The predicted octanol–water partition coefficient (Wildman–Crippen LogP) is 3.48. The summed E-state index contributed by atoms with van der Waals surface area (Å²) >= 11 is 0. The standard InChI is InChI=1S/C16H23N/c1-11(12-6-7-12)16(17-2)15-9-8-13-4-3-5-14(13)10-15/h8-12,16-17H,3-7H2,1-2H3. The van der Waals surface area contributed by atoms with E-state index in [0.717, 1.165) is 11.8 Å². The smallest absolute Gasteiger partial charge is 0.0346 e. The van der Waals surface area contributed by atoms with E-state index in [-0.39, 0.29) is 0 Å². The molecule has 0 bridgehead atoms. The van der Waals surface area contributed by atoms with Gasteiger partial charge < -0.3 is 5.32 Å². The normalized spacial score (nSPS) is 22.2. The van der Waals surface area contributed by atoms with Crippen molar-refractivity contribution >= 4 is 0 Å². The average molecular weight is 229 g/mol. The molecular formula is C16H23N. The van der Waals surface area contributed by atoms with E-state index in [1.165, 1.54) is 37.7 Å². The van der Waals surface area contributed by atoms with E-state index in [4.69, 9.17) is 0 Å². The van der Waals surface area contributed by atoms with Crippen LogP contribution in [0.5, 0.6) is 0 Å². The summed E-state index contributed by atoms with van der Waals surface area (Å²) in [5, 5.41) is 3.53. The van der Waals surface area contributed by atoms with Gasteiger partial charge in [0.05, 0.1) is 0 Å². The Morgan fingerprint density at radius 1 is 1.18 bits per heavy atom. The van der Waals surface area contributed by atoms with Crippen LogP contribution in [-0.4, -0.2) is 7.05 Å². The molecule has 2 aliphatic carbocycles. The maximum atomic E-state index is 3.53. The van der Waals surface area contributed by atoms with E-state index < -0.39 is 0 Å². The predicted molar refractivity (Wildman–Crippen MR) is 72.2 cm³/mol. The molecule has 1 aromatic carbocycles. The van der Waals surface area contributed by atoms with Crippen molar-refractivity contribution in [1.29, 1.82) is 0 Å². The van der Waals surface area contributed by atoms with Gasteiger partial charge in [0.1, 0.15) is 0 Å². The van der Waals surface area contributed by atoms with E-state index in [1.807, 2.05) is 0 Å². The molecule has 0 amide bonds. The van der Waals surface area contributed by atoms with Crippen molar-refractivity contribution in [2.45, 2.75) is 45.1 Å². The van der Waals surface area contributed by atoms with Crippen molar-refractivity contribution in [2.75, 3.05) is 7.05 Å². The molecule has 0 spiro atoms. The third-order valence-corrected chi connectivity index (χ3v) is 4.68. The molecule has 1 N–H and O–H groups in total. The Kier molecular flexibility index (Phi) is 2.96. The van der Waals surface area contributed by atoms with Crippen LogP contribution in [-0.2, 0) is 12.8 Å². The van der Waals surface area contributed by atoms with Gasteiger partial charge in [-0.25, -0.2) is 0 Å². The van der Waals surface area contributed by atoms with Gasteiger partial charge in [0.15, 0.2) is 0 Å². The van der Waals surface area contributed by atoms with Crippen molar-refractivity contribution in [2.24, 2.45) is 11.8 Å². The molecule has 2 unspecified atom stereocenters. The summed E-state index contributed by atoms with van der Waals surface area (Å²) in [6.45, 7) is 2.41. The van der Waals surface area contributed by atoms with Crippen LogP contribution in [0.3, 0.4) is 0 Å². The van der Waals surface area contributed by atoms with E-state index in [2.05, 4.69) is 37.5 Å². The van der Waals surface area contributed by atoms with Crippen molar-refractivity contribution in [3.05, 3.63) is 34.9 Å². The highest BCUT2D eigenvalue weighted by Crippen LogP contribution is 2.42. The quantitative estimate of drug-likeness (QED) is 0.833. The minimum Gasteiger partial charge on any atom is -0.313 e. The summed E-state index contributed by atoms with van der Waals surface area (Å²) in [4.78, 5) is 0. The number of rotatable bonds is 4. The van der Waals surface area contributed by atoms with Gasteiger partial charge in [0.2, 0.25) is 0 Å². The lowest BCUT2D eigenvalue weighted by atomic mass is 9.89. The van der Waals surface area contributed by atoms with Gasteiger partial charge in [0.25, 0.3) is 0 Å². The third-order valence-electron chi connectivity index (χ3n) is 4.68. The molecule has 92 valence electrons. The minimum atomic E-state index is 0.549. The molecule has 1 saturated carbocycles. The zero-order valence-electron chi connectivity index (χ0n) is 11.0. The Hall–Kier alpha value is -0.820. The van der Waals surface area contributed by atoms with Crippen LogP contribution in [0.2, 0.25) is 0 Å². The lowest BCUT2D eigenvalue weighted by Gasteiger charge is -2.24. The van der Waals surface area contributed by atoms with Crippen LogP contribution >= 0.6 is 0 Å². The molecule has 17 heavy (non-hydrogen) atoms. The maximum absolute atomic E-state index is 3.53. The molecule has 1 heteroatoms. The van der Waals surface area contributed by atoms with Gasteiger partial charge in [-0.15, -0.1) is 0 Å². The van der Waals surface area contributed by atoms with Gasteiger partial charge in [0, 0.05) is 6.04 Å². The van der Waals surface area contributed by atoms with Gasteiger partial charge in [-0.3, -0.25) is 0 Å². The monoisotopic (exact) mass is 229 g/mol. The van der Waals surface area contributed by atoms with Crippen molar-refractivity contribution < 1.29 is 0 Å². The first kappa shape index (κ1) is 11.3. The highest BCUT2D eigenvalue weighted by atomic mass is 14.9. The Bertz CT molecular complexity index is 406. The van der Waals surface area contributed by atoms with Crippen LogP contribution in [0, 0.1) is 11.8 Å².